The van der Waals surface area contributed by atoms with Gasteiger partial charge in [-0.1, -0.05) is 36.4 Å². The molecular weight excluding hydrogens is 262 g/mol. The predicted octanol–water partition coefficient (Wildman–Crippen LogP) is 3.84. The Morgan fingerprint density at radius 2 is 1.62 bits per heavy atom. The molecule has 0 bridgehead atoms. The van der Waals surface area contributed by atoms with Crippen LogP contribution in [0.5, 0.6) is 5.75 Å². The molecule has 0 saturated carbocycles. The number of hydrogen-bond acceptors (Lipinski definition) is 2. The summed E-state index contributed by atoms with van der Waals surface area (Å²) in [5.41, 5.74) is 0.795. The SMILES string of the molecule is COc1ccc2ccc3c4ccccc4c(=O)[nH]c3c2c1. The molecule has 0 spiro atoms. The number of pyridine rings is 1. The summed E-state index contributed by atoms with van der Waals surface area (Å²) in [7, 11) is 1.64. The minimum atomic E-state index is -0.0616. The lowest BCUT2D eigenvalue weighted by atomic mass is 10.0. The molecule has 0 amide bonds. The van der Waals surface area contributed by atoms with E-state index >= 15 is 0 Å². The van der Waals surface area contributed by atoms with E-state index in [1.165, 1.54) is 0 Å². The molecule has 0 atom stereocenters. The topological polar surface area (TPSA) is 42.1 Å². The minimum absolute atomic E-state index is 0.0616. The van der Waals surface area contributed by atoms with E-state index < -0.39 is 0 Å². The highest BCUT2D eigenvalue weighted by atomic mass is 16.5. The highest BCUT2D eigenvalue weighted by molar-refractivity contribution is 6.15. The highest BCUT2D eigenvalue weighted by Gasteiger charge is 2.08. The van der Waals surface area contributed by atoms with Crippen LogP contribution >= 0.6 is 0 Å². The van der Waals surface area contributed by atoms with Crippen molar-refractivity contribution in [2.45, 2.75) is 0 Å². The van der Waals surface area contributed by atoms with Crippen molar-refractivity contribution in [2.75, 3.05) is 7.11 Å². The molecule has 3 aromatic carbocycles. The van der Waals surface area contributed by atoms with E-state index in [0.29, 0.717) is 5.39 Å². The number of fused-ring (bicyclic) bond motifs is 5. The van der Waals surface area contributed by atoms with Gasteiger partial charge in [0, 0.05) is 16.2 Å². The molecule has 1 N–H and O–H groups in total. The van der Waals surface area contributed by atoms with E-state index in [9.17, 15) is 4.79 Å². The normalized spacial score (nSPS) is 11.3. The van der Waals surface area contributed by atoms with Crippen LogP contribution in [-0.2, 0) is 0 Å². The van der Waals surface area contributed by atoms with Crippen LogP contribution in [-0.4, -0.2) is 12.1 Å². The molecule has 3 nitrogen and oxygen atoms in total. The maximum atomic E-state index is 12.3. The highest BCUT2D eigenvalue weighted by Crippen LogP contribution is 2.30. The number of hydrogen-bond donors (Lipinski definition) is 1. The number of nitrogens with one attached hydrogen (secondary N) is 1. The average molecular weight is 275 g/mol. The molecule has 21 heavy (non-hydrogen) atoms. The Morgan fingerprint density at radius 1 is 0.857 bits per heavy atom. The second-order valence-corrected chi connectivity index (χ2v) is 5.07. The molecule has 4 rings (SSSR count). The van der Waals surface area contributed by atoms with E-state index in [2.05, 4.69) is 17.1 Å². The van der Waals surface area contributed by atoms with Crippen molar-refractivity contribution < 1.29 is 4.74 Å². The fraction of sp³-hybridized carbons (Fsp3) is 0.0556. The summed E-state index contributed by atoms with van der Waals surface area (Å²) in [6, 6.07) is 17.7. The van der Waals surface area contributed by atoms with Gasteiger partial charge in [0.2, 0.25) is 0 Å². The molecule has 1 heterocycles. The van der Waals surface area contributed by atoms with Gasteiger partial charge in [0.05, 0.1) is 12.6 Å². The molecule has 0 aliphatic heterocycles. The van der Waals surface area contributed by atoms with Gasteiger partial charge in [-0.2, -0.15) is 0 Å². The Bertz CT molecular complexity index is 1050. The first kappa shape index (κ1) is 12.0. The summed E-state index contributed by atoms with van der Waals surface area (Å²) in [6.07, 6.45) is 0. The fourth-order valence-electron chi connectivity index (χ4n) is 2.88. The van der Waals surface area contributed by atoms with Crippen LogP contribution in [0.15, 0.2) is 59.4 Å². The summed E-state index contributed by atoms with van der Waals surface area (Å²) in [6.45, 7) is 0. The third kappa shape index (κ3) is 1.71. The molecule has 102 valence electrons. The zero-order valence-electron chi connectivity index (χ0n) is 11.5. The molecular formula is C18H13NO2. The molecule has 0 aliphatic carbocycles. The lowest BCUT2D eigenvalue weighted by Gasteiger charge is -2.08. The fourth-order valence-corrected chi connectivity index (χ4v) is 2.88. The first-order chi connectivity index (χ1) is 10.3. The van der Waals surface area contributed by atoms with Crippen molar-refractivity contribution in [1.29, 1.82) is 0 Å². The van der Waals surface area contributed by atoms with Crippen molar-refractivity contribution >= 4 is 32.4 Å². The van der Waals surface area contributed by atoms with E-state index in [1.54, 1.807) is 7.11 Å². The molecule has 3 heteroatoms. The summed E-state index contributed by atoms with van der Waals surface area (Å²) in [5.74, 6) is 0.781. The number of ether oxygens (including phenoxy) is 1. The standard InChI is InChI=1S/C18H13NO2/c1-21-12-8-6-11-7-9-14-13-4-2-3-5-15(13)18(20)19-17(14)16(11)10-12/h2-10H,1H3,(H,19,20). The van der Waals surface area contributed by atoms with Crippen molar-refractivity contribution in [1.82, 2.24) is 4.98 Å². The molecule has 0 aliphatic rings. The zero-order chi connectivity index (χ0) is 14.4. The number of methoxy groups -OCH3 is 1. The van der Waals surface area contributed by atoms with Crippen molar-refractivity contribution in [3.63, 3.8) is 0 Å². The molecule has 0 fully saturated rings. The Hall–Kier alpha value is -2.81. The van der Waals surface area contributed by atoms with Crippen LogP contribution < -0.4 is 10.3 Å². The van der Waals surface area contributed by atoms with Gasteiger partial charge in [-0.25, -0.2) is 0 Å². The number of rotatable bonds is 1. The second-order valence-electron chi connectivity index (χ2n) is 5.07. The maximum absolute atomic E-state index is 12.3. The minimum Gasteiger partial charge on any atom is -0.497 e. The van der Waals surface area contributed by atoms with Gasteiger partial charge in [-0.05, 0) is 29.0 Å². The summed E-state index contributed by atoms with van der Waals surface area (Å²) in [5, 5.41) is 4.81. The Morgan fingerprint density at radius 3 is 2.43 bits per heavy atom. The predicted molar refractivity (Wildman–Crippen MR) is 86.1 cm³/mol. The third-order valence-electron chi connectivity index (χ3n) is 3.93. The van der Waals surface area contributed by atoms with E-state index in [0.717, 1.165) is 32.8 Å². The van der Waals surface area contributed by atoms with Gasteiger partial charge < -0.3 is 9.72 Å². The molecule has 0 saturated heterocycles. The lowest BCUT2D eigenvalue weighted by molar-refractivity contribution is 0.415. The van der Waals surface area contributed by atoms with Crippen molar-refractivity contribution in [3.8, 4) is 5.75 Å². The lowest BCUT2D eigenvalue weighted by Crippen LogP contribution is -2.06. The van der Waals surface area contributed by atoms with Crippen molar-refractivity contribution in [2.24, 2.45) is 0 Å². The Kier molecular flexibility index (Phi) is 2.48. The van der Waals surface area contributed by atoms with Gasteiger partial charge in [-0.15, -0.1) is 0 Å². The molecule has 4 aromatic rings. The zero-order valence-corrected chi connectivity index (χ0v) is 11.5. The average Bonchev–Trinajstić information content (AvgIpc) is 2.54. The van der Waals surface area contributed by atoms with Crippen LogP contribution in [0.25, 0.3) is 32.4 Å². The second kappa shape index (κ2) is 4.35. The van der Waals surface area contributed by atoms with Gasteiger partial charge in [0.1, 0.15) is 5.75 Å². The molecule has 0 radical (unpaired) electrons. The monoisotopic (exact) mass is 275 g/mol. The van der Waals surface area contributed by atoms with Crippen LogP contribution in [0.2, 0.25) is 0 Å². The number of aromatic amines is 1. The first-order valence-corrected chi connectivity index (χ1v) is 6.79. The van der Waals surface area contributed by atoms with Crippen LogP contribution in [0.3, 0.4) is 0 Å². The number of benzene rings is 3. The summed E-state index contributed by atoms with van der Waals surface area (Å²) >= 11 is 0. The molecule has 0 unspecified atom stereocenters. The summed E-state index contributed by atoms with van der Waals surface area (Å²) < 4.78 is 5.30. The smallest absolute Gasteiger partial charge is 0.256 e. The molecule has 1 aromatic heterocycles. The maximum Gasteiger partial charge on any atom is 0.256 e. The van der Waals surface area contributed by atoms with Crippen LogP contribution in [0.4, 0.5) is 0 Å². The first-order valence-electron chi connectivity index (χ1n) is 6.79. The van der Waals surface area contributed by atoms with Crippen LogP contribution in [0.1, 0.15) is 0 Å². The van der Waals surface area contributed by atoms with E-state index in [4.69, 9.17) is 4.74 Å². The largest absolute Gasteiger partial charge is 0.497 e. The number of aromatic nitrogens is 1. The number of H-pyrrole nitrogens is 1. The van der Waals surface area contributed by atoms with Gasteiger partial charge in [0.15, 0.2) is 0 Å². The van der Waals surface area contributed by atoms with Gasteiger partial charge >= 0.3 is 0 Å². The third-order valence-corrected chi connectivity index (χ3v) is 3.93. The van der Waals surface area contributed by atoms with E-state index in [1.807, 2.05) is 42.5 Å². The van der Waals surface area contributed by atoms with Gasteiger partial charge in [0.25, 0.3) is 5.56 Å². The quantitative estimate of drug-likeness (QED) is 0.536. The van der Waals surface area contributed by atoms with Crippen LogP contribution in [0, 0.1) is 0 Å². The van der Waals surface area contributed by atoms with Crippen molar-refractivity contribution in [3.05, 3.63) is 65.0 Å². The Labute approximate surface area is 120 Å². The Balaban J connectivity index is 2.28. The van der Waals surface area contributed by atoms with E-state index in [-0.39, 0.29) is 5.56 Å². The van der Waals surface area contributed by atoms with Gasteiger partial charge in [-0.3, -0.25) is 4.79 Å². The summed E-state index contributed by atoms with van der Waals surface area (Å²) in [4.78, 5) is 15.3.